The molecule has 452 valence electrons. The van der Waals surface area contributed by atoms with Crippen molar-refractivity contribution in [1.82, 2.24) is 27.9 Å². The lowest BCUT2D eigenvalue weighted by atomic mass is 9.83. The summed E-state index contributed by atoms with van der Waals surface area (Å²) in [6.07, 6.45) is 9.70. The van der Waals surface area contributed by atoms with Crippen LogP contribution in [-0.2, 0) is 20.0 Å². The van der Waals surface area contributed by atoms with Crippen LogP contribution >= 0.6 is 84.7 Å². The van der Waals surface area contributed by atoms with Gasteiger partial charge < -0.3 is 15.0 Å². The fourth-order valence-corrected chi connectivity index (χ4v) is 15.2. The van der Waals surface area contributed by atoms with Crippen LogP contribution in [0, 0.1) is 31.3 Å². The highest BCUT2D eigenvalue weighted by Crippen LogP contribution is 2.41. The topological polar surface area (TPSA) is 173 Å². The Morgan fingerprint density at radius 1 is 0.500 bits per heavy atom. The Balaban J connectivity index is 0.000000132. The molecule has 90 heavy (non-hydrogen) atoms. The fraction of sp³-hybridized carbons (Fsp3) is 0.0308. The van der Waals surface area contributed by atoms with Gasteiger partial charge in [0, 0.05) is 102 Å². The summed E-state index contributed by atoms with van der Waals surface area (Å²) in [5.74, 6) is -1.58. The lowest BCUT2D eigenvalue weighted by molar-refractivity contribution is 0.426. The molecule has 5 aromatic carbocycles. The average Bonchev–Trinajstić information content (AvgIpc) is 1.61. The Morgan fingerprint density at radius 3 is 1.36 bits per heavy atom. The quantitative estimate of drug-likeness (QED) is 0.113. The van der Waals surface area contributed by atoms with Crippen molar-refractivity contribution in [2.45, 2.75) is 23.6 Å². The van der Waals surface area contributed by atoms with Crippen molar-refractivity contribution < 1.29 is 40.1 Å². The number of pyridine rings is 3. The second-order valence-electron chi connectivity index (χ2n) is 20.0. The summed E-state index contributed by atoms with van der Waals surface area (Å²) in [7, 11) is -9.15. The minimum absolute atomic E-state index is 0.0692. The molecule has 25 heteroatoms. The Hall–Kier alpha value is -7.71. The van der Waals surface area contributed by atoms with E-state index in [0.29, 0.717) is 48.5 Å². The number of benzene rings is 5. The summed E-state index contributed by atoms with van der Waals surface area (Å²) >= 11 is 26.5. The van der Waals surface area contributed by atoms with Gasteiger partial charge in [-0.1, -0.05) is 113 Å². The lowest BCUT2D eigenvalue weighted by Gasteiger charge is -2.07. The molecule has 0 fully saturated rings. The van der Waals surface area contributed by atoms with E-state index < -0.39 is 44.6 Å². The van der Waals surface area contributed by atoms with Crippen LogP contribution in [0.25, 0.3) is 88.7 Å². The van der Waals surface area contributed by atoms with Gasteiger partial charge in [-0.25, -0.2) is 52.9 Å². The second kappa shape index (κ2) is 27.0. The molecule has 12 nitrogen and oxygen atoms in total. The molecule has 0 bridgehead atoms. The normalized spacial score (nSPS) is 11.5. The van der Waals surface area contributed by atoms with Gasteiger partial charge in [0.05, 0.1) is 24.9 Å². The maximum atomic E-state index is 14.2. The van der Waals surface area contributed by atoms with Crippen LogP contribution in [0.2, 0.25) is 15.1 Å². The number of aromatic amines is 1. The molecule has 0 aliphatic heterocycles. The van der Waals surface area contributed by atoms with Crippen molar-refractivity contribution in [2.75, 3.05) is 0 Å². The zero-order valence-electron chi connectivity index (χ0n) is 46.7. The van der Waals surface area contributed by atoms with Crippen molar-refractivity contribution in [3.63, 3.8) is 0 Å². The largest absolute Gasteiger partial charge is 0.489 e. The lowest BCUT2D eigenvalue weighted by Crippen LogP contribution is -2.27. The van der Waals surface area contributed by atoms with E-state index in [9.17, 15) is 30.0 Å². The third-order valence-electron chi connectivity index (χ3n) is 14.2. The highest BCUT2D eigenvalue weighted by atomic mass is 79.9. The number of aromatic nitrogens is 6. The van der Waals surface area contributed by atoms with Gasteiger partial charge in [-0.15, -0.1) is 0 Å². The number of H-pyrrole nitrogens is 1. The molecule has 0 aliphatic carbocycles. The molecular weight excluding hydrogens is 1380 g/mol. The van der Waals surface area contributed by atoms with Gasteiger partial charge >= 0.3 is 7.12 Å². The molecule has 0 radical (unpaired) electrons. The van der Waals surface area contributed by atoms with Gasteiger partial charge in [-0.2, -0.15) is 34.0 Å². The first-order valence-corrected chi connectivity index (χ1v) is 34.4. The summed E-state index contributed by atoms with van der Waals surface area (Å²) in [6, 6.07) is 38.2. The van der Waals surface area contributed by atoms with E-state index in [-0.39, 0.29) is 36.2 Å². The fourth-order valence-electron chi connectivity index (χ4n) is 9.53. The number of hydrogen-bond donors (Lipinski definition) is 3. The molecule has 0 saturated heterocycles. The number of fused-ring (bicyclic) bond motifs is 3. The zero-order valence-corrected chi connectivity index (χ0v) is 54.7. The Labute approximate surface area is 550 Å². The number of halogens is 7. The number of rotatable bonds is 10. The predicted octanol–water partition coefficient (Wildman–Crippen LogP) is 17.8. The maximum absolute atomic E-state index is 14.2. The molecule has 3 N–H and O–H groups in total. The van der Waals surface area contributed by atoms with Crippen LogP contribution in [0.15, 0.2) is 223 Å². The number of nitrogens with one attached hydrogen (secondary N) is 1. The van der Waals surface area contributed by atoms with Crippen LogP contribution in [-0.4, -0.2) is 61.9 Å². The van der Waals surface area contributed by atoms with E-state index in [1.54, 1.807) is 125 Å². The van der Waals surface area contributed by atoms with Crippen LogP contribution in [0.1, 0.15) is 11.1 Å². The van der Waals surface area contributed by atoms with Crippen molar-refractivity contribution in [2.24, 2.45) is 0 Å². The third-order valence-corrected chi connectivity index (χ3v) is 21.1. The van der Waals surface area contributed by atoms with Crippen molar-refractivity contribution in [3.05, 3.63) is 257 Å². The Bertz CT molecular complexity index is 5160. The molecule has 14 rings (SSSR count). The summed E-state index contributed by atoms with van der Waals surface area (Å²) in [5.41, 5.74) is 10.9. The number of thiophene rings is 3. The molecule has 0 amide bonds. The average molecular weight is 1420 g/mol. The predicted molar refractivity (Wildman–Crippen MR) is 363 cm³/mol. The minimum atomic E-state index is -3.94. The van der Waals surface area contributed by atoms with Gasteiger partial charge in [0.2, 0.25) is 0 Å². The number of nitrogens with zero attached hydrogens (tertiary/aromatic N) is 5. The monoisotopic (exact) mass is 1420 g/mol. The van der Waals surface area contributed by atoms with E-state index in [2.05, 4.69) is 53.4 Å². The molecule has 0 spiro atoms. The molecule has 0 aliphatic rings. The van der Waals surface area contributed by atoms with Gasteiger partial charge in [0.25, 0.3) is 20.0 Å². The third kappa shape index (κ3) is 13.2. The number of aryl methyl sites for hydroxylation is 2. The van der Waals surface area contributed by atoms with Crippen molar-refractivity contribution in [1.29, 1.82) is 0 Å². The first-order chi connectivity index (χ1) is 43.2. The van der Waals surface area contributed by atoms with Crippen molar-refractivity contribution >= 4 is 150 Å². The standard InChI is InChI=1S/C24H16ClFN2O2S2.C20H13BrClFN2O2S.C17H10ClFN2S.C4H5BO2S/c1-15-5-7-18(8-6-15)32(29,30)28-13-21(19-3-2-4-22(26)23(19)25)20-11-17(12-27-24(20)28)16-9-10-31-14-16;1-12-5-7-14(8-6-12)28(26,27)25-11-17(15-3-2-4-18(23)19(15)22)16-9-13(21)10-24-20(16)25;18-16-12(2-1-3-15(16)19)14-8-21-17-13(14)6-11(7-20-17)10-4-5-22-9-10;6-5(7)4-1-2-8-3-4/h2-14H,1H3;2-11H,1H3;1-9H,(H,20,21);1-3,6-7H. The summed E-state index contributed by atoms with van der Waals surface area (Å²) in [6.45, 7) is 3.77. The SMILES string of the molecule is Cc1ccc(S(=O)(=O)n2cc(-c3cccc(F)c3Cl)c3cc(-c4ccsc4)cnc32)cc1.Cc1ccc(S(=O)(=O)n2cc(-c3cccc(F)c3Cl)c3cc(Br)cnc32)cc1.Fc1cccc(-c2c[nH]c3ncc(-c4ccsc4)cc23)c1Cl.OB(O)c1ccsc1. The van der Waals surface area contributed by atoms with Crippen LogP contribution in [0.5, 0.6) is 0 Å². The van der Waals surface area contributed by atoms with E-state index in [4.69, 9.17) is 44.9 Å². The van der Waals surface area contributed by atoms with E-state index in [1.807, 2.05) is 60.6 Å². The Kier molecular flexibility index (Phi) is 19.2. The van der Waals surface area contributed by atoms with E-state index >= 15 is 0 Å². The van der Waals surface area contributed by atoms with Gasteiger partial charge in [-0.05, 0) is 151 Å². The maximum Gasteiger partial charge on any atom is 0.489 e. The highest BCUT2D eigenvalue weighted by Gasteiger charge is 2.27. The second-order valence-corrected chi connectivity index (χ2v) is 28.0. The zero-order chi connectivity index (χ0) is 63.6. The molecule has 9 heterocycles. The molecule has 0 atom stereocenters. The molecule has 0 saturated carbocycles. The Morgan fingerprint density at radius 2 is 0.922 bits per heavy atom. The first kappa shape index (κ1) is 63.8. The van der Waals surface area contributed by atoms with Crippen LogP contribution in [0.4, 0.5) is 13.2 Å². The molecule has 0 unspecified atom stereocenters. The smallest absolute Gasteiger partial charge is 0.423 e. The molecule has 14 aromatic rings. The van der Waals surface area contributed by atoms with Gasteiger partial charge in [-0.3, -0.25) is 0 Å². The van der Waals surface area contributed by atoms with Gasteiger partial charge in [0.1, 0.15) is 23.1 Å². The molecular formula is C65H44BBrCl3F3N6O6S5. The van der Waals surface area contributed by atoms with Crippen LogP contribution in [0.3, 0.4) is 0 Å². The molecule has 9 aromatic heterocycles. The summed E-state index contributed by atoms with van der Waals surface area (Å²) < 4.78 is 98.3. The summed E-state index contributed by atoms with van der Waals surface area (Å²) in [5, 5.41) is 30.5. The van der Waals surface area contributed by atoms with E-state index in [1.165, 1.54) is 54.2 Å². The van der Waals surface area contributed by atoms with Crippen LogP contribution < -0.4 is 5.46 Å². The van der Waals surface area contributed by atoms with Crippen molar-refractivity contribution in [3.8, 4) is 55.6 Å². The first-order valence-electron chi connectivity index (χ1n) is 26.8. The highest BCUT2D eigenvalue weighted by molar-refractivity contribution is 9.10. The minimum Gasteiger partial charge on any atom is -0.423 e. The number of hydrogen-bond acceptors (Lipinski definition) is 12. The van der Waals surface area contributed by atoms with E-state index in [0.717, 1.165) is 57.9 Å². The summed E-state index contributed by atoms with van der Waals surface area (Å²) in [4.78, 5) is 16.6. The van der Waals surface area contributed by atoms with Gasteiger partial charge in [0.15, 0.2) is 11.3 Å².